The Morgan fingerprint density at radius 2 is 1.84 bits per heavy atom. The smallest absolute Gasteiger partial charge is 0.325 e. The minimum Gasteiger partial charge on any atom is -0.394 e. The molecule has 0 radical (unpaired) electrons. The number of imidazole rings is 1. The number of imide groups is 1. The molecule has 7 atom stereocenters. The van der Waals surface area contributed by atoms with Crippen molar-refractivity contribution in [1.29, 1.82) is 0 Å². The summed E-state index contributed by atoms with van der Waals surface area (Å²) in [6.07, 6.45) is 2.81. The van der Waals surface area contributed by atoms with E-state index in [0.29, 0.717) is 54.5 Å². The number of carbonyl (C=O) groups is 3. The molecule has 0 bridgehead atoms. The fourth-order valence-electron chi connectivity index (χ4n) is 7.00. The van der Waals surface area contributed by atoms with Crippen molar-refractivity contribution in [2.24, 2.45) is 0 Å². The number of benzene rings is 1. The molecule has 18 heteroatoms. The van der Waals surface area contributed by atoms with Crippen molar-refractivity contribution in [3.63, 3.8) is 0 Å². The number of aliphatic hydroxyl groups is 4. The first kappa shape index (κ1) is 34.0. The number of fused-ring (bicyclic) bond motifs is 1. The molecule has 1 aromatic carbocycles. The molecule has 268 valence electrons. The van der Waals surface area contributed by atoms with Gasteiger partial charge in [0.25, 0.3) is 5.91 Å². The van der Waals surface area contributed by atoms with Crippen molar-refractivity contribution in [2.75, 3.05) is 41.8 Å². The summed E-state index contributed by atoms with van der Waals surface area (Å²) < 4.78 is 1.60. The molecule has 51 heavy (non-hydrogen) atoms. The highest BCUT2D eigenvalue weighted by atomic mass is 16.3. The van der Waals surface area contributed by atoms with Crippen LogP contribution in [0.3, 0.4) is 0 Å². The quantitative estimate of drug-likeness (QED) is 0.0929. The molecule has 2 saturated heterocycles. The Kier molecular flexibility index (Phi) is 9.63. The molecule has 0 spiro atoms. The maximum atomic E-state index is 12.9. The Morgan fingerprint density at radius 3 is 2.57 bits per heavy atom. The summed E-state index contributed by atoms with van der Waals surface area (Å²) in [7, 11) is 0. The number of urea groups is 2. The van der Waals surface area contributed by atoms with Gasteiger partial charge >= 0.3 is 12.1 Å². The van der Waals surface area contributed by atoms with Crippen LogP contribution in [0.4, 0.5) is 27.0 Å². The van der Waals surface area contributed by atoms with Crippen LogP contribution in [-0.2, 0) is 11.2 Å². The lowest BCUT2D eigenvalue weighted by Gasteiger charge is -2.24. The second-order valence-corrected chi connectivity index (χ2v) is 12.9. The van der Waals surface area contributed by atoms with E-state index in [1.807, 2.05) is 35.2 Å². The van der Waals surface area contributed by atoms with Crippen LogP contribution in [0.2, 0.25) is 0 Å². The topological polar surface area (TPSA) is 243 Å². The van der Waals surface area contributed by atoms with Crippen LogP contribution in [0.5, 0.6) is 0 Å². The monoisotopic (exact) mass is 701 g/mol. The number of pyridine rings is 1. The third kappa shape index (κ3) is 6.85. The van der Waals surface area contributed by atoms with Crippen molar-refractivity contribution in [2.45, 2.75) is 61.7 Å². The van der Waals surface area contributed by atoms with E-state index in [-0.39, 0.29) is 25.1 Å². The predicted molar refractivity (Wildman–Crippen MR) is 183 cm³/mol. The minimum atomic E-state index is -1.48. The van der Waals surface area contributed by atoms with E-state index in [4.69, 9.17) is 9.97 Å². The van der Waals surface area contributed by atoms with Gasteiger partial charge in [-0.15, -0.1) is 0 Å². The van der Waals surface area contributed by atoms with E-state index in [0.717, 1.165) is 10.5 Å². The minimum absolute atomic E-state index is 0.0117. The van der Waals surface area contributed by atoms with E-state index in [1.54, 1.807) is 29.1 Å². The van der Waals surface area contributed by atoms with E-state index in [2.05, 4.69) is 31.2 Å². The zero-order chi connectivity index (χ0) is 35.6. The molecule has 2 unspecified atom stereocenters. The Balaban J connectivity index is 1.18. The van der Waals surface area contributed by atoms with Gasteiger partial charge in [-0.3, -0.25) is 14.7 Å². The van der Waals surface area contributed by atoms with Crippen LogP contribution in [0, 0.1) is 0 Å². The van der Waals surface area contributed by atoms with Crippen LogP contribution in [0.1, 0.15) is 24.4 Å². The standard InChI is InChI=1S/C33H39N11O7/c45-15-21(11-18-5-2-1-3-6-18)36-28-25-29(41-31(40-28)42-10-8-20(14-42)38-32(50)37-19-7-4-9-34-13-19)43(17-35-25)23-12-24(27(48)26(23)47)44-30(49)22(16-46)39-33(44)51/h1-7,9,13,17,20-24,26-27,45-48H,8,10-12,14-16H2,(H,39,51)(H,36,40,41)(H2,37,38,50)/t20?,21-,22?,23+,24-,26-,27+/m0/s1. The van der Waals surface area contributed by atoms with Crippen molar-refractivity contribution >= 4 is 46.6 Å². The zero-order valence-corrected chi connectivity index (χ0v) is 27.4. The van der Waals surface area contributed by atoms with Gasteiger partial charge in [-0.25, -0.2) is 14.6 Å². The zero-order valence-electron chi connectivity index (χ0n) is 27.4. The third-order valence-corrected chi connectivity index (χ3v) is 9.57. The van der Waals surface area contributed by atoms with Gasteiger partial charge in [0.05, 0.1) is 49.6 Å². The number of nitrogens with zero attached hydrogens (tertiary/aromatic N) is 7. The normalized spacial score (nSPS) is 25.3. The van der Waals surface area contributed by atoms with Gasteiger partial charge in [-0.05, 0) is 37.0 Å². The molecule has 1 aliphatic carbocycles. The molecule has 7 rings (SSSR count). The number of aliphatic hydroxyl groups excluding tert-OH is 4. The molecule has 4 aromatic rings. The lowest BCUT2D eigenvalue weighted by atomic mass is 10.1. The number of aromatic nitrogens is 5. The maximum absolute atomic E-state index is 12.9. The van der Waals surface area contributed by atoms with Gasteiger partial charge in [0.1, 0.15) is 18.2 Å². The SMILES string of the molecule is O=C(Nc1cccnc1)NC1CCN(c2nc(N[C@H](CO)Cc3ccccc3)c3ncn([C@@H]4C[C@H](N5C(=O)NC(CO)C5=O)[C@@H](O)[C@H]4O)c3n2)C1. The fraction of sp³-hybridized carbons (Fsp3) is 0.424. The molecule has 8 N–H and O–H groups in total. The highest BCUT2D eigenvalue weighted by molar-refractivity contribution is 6.04. The lowest BCUT2D eigenvalue weighted by Crippen LogP contribution is -2.47. The average Bonchev–Trinajstić information content (AvgIpc) is 3.91. The van der Waals surface area contributed by atoms with Crippen LogP contribution < -0.4 is 26.2 Å². The molecule has 5 amide bonds. The summed E-state index contributed by atoms with van der Waals surface area (Å²) >= 11 is 0. The summed E-state index contributed by atoms with van der Waals surface area (Å²) in [6, 6.07) is 8.25. The van der Waals surface area contributed by atoms with Crippen molar-refractivity contribution in [1.82, 2.24) is 40.0 Å². The number of hydrogen-bond acceptors (Lipinski definition) is 13. The van der Waals surface area contributed by atoms with E-state index >= 15 is 0 Å². The second-order valence-electron chi connectivity index (χ2n) is 12.9. The van der Waals surface area contributed by atoms with Gasteiger partial charge in [-0.2, -0.15) is 9.97 Å². The van der Waals surface area contributed by atoms with E-state index < -0.39 is 54.9 Å². The number of hydrogen-bond donors (Lipinski definition) is 8. The van der Waals surface area contributed by atoms with Gasteiger partial charge in [0, 0.05) is 25.3 Å². The van der Waals surface area contributed by atoms with Gasteiger partial charge in [-0.1, -0.05) is 30.3 Å². The molecule has 1 saturated carbocycles. The maximum Gasteiger partial charge on any atom is 0.325 e. The number of anilines is 3. The highest BCUT2D eigenvalue weighted by Gasteiger charge is 2.52. The number of amides is 5. The fourth-order valence-corrected chi connectivity index (χ4v) is 7.00. The third-order valence-electron chi connectivity index (χ3n) is 9.57. The molecule has 18 nitrogen and oxygen atoms in total. The Hall–Kier alpha value is -5.43. The first-order valence-electron chi connectivity index (χ1n) is 16.7. The molecule has 2 aliphatic heterocycles. The van der Waals surface area contributed by atoms with Gasteiger partial charge < -0.3 is 51.2 Å². The molecular formula is C33H39N11O7. The highest BCUT2D eigenvalue weighted by Crippen LogP contribution is 2.38. The molecule has 3 aliphatic rings. The summed E-state index contributed by atoms with van der Waals surface area (Å²) in [5.74, 6) is -0.0470. The van der Waals surface area contributed by atoms with Crippen molar-refractivity contribution in [3.05, 3.63) is 66.7 Å². The Bertz CT molecular complexity index is 1880. The molecule has 5 heterocycles. The number of nitrogens with one attached hydrogen (secondary N) is 4. The molecule has 3 fully saturated rings. The lowest BCUT2D eigenvalue weighted by molar-refractivity contribution is -0.131. The summed E-state index contributed by atoms with van der Waals surface area (Å²) in [5.41, 5.74) is 2.21. The Morgan fingerprint density at radius 1 is 1.04 bits per heavy atom. The first-order chi connectivity index (χ1) is 24.7. The van der Waals surface area contributed by atoms with E-state index in [1.165, 1.54) is 6.33 Å². The number of rotatable bonds is 11. The van der Waals surface area contributed by atoms with Gasteiger partial charge in [0.15, 0.2) is 17.0 Å². The van der Waals surface area contributed by atoms with Crippen molar-refractivity contribution < 1.29 is 34.8 Å². The largest absolute Gasteiger partial charge is 0.394 e. The summed E-state index contributed by atoms with van der Waals surface area (Å²) in [6.45, 7) is 0.0836. The average molecular weight is 702 g/mol. The van der Waals surface area contributed by atoms with Gasteiger partial charge in [0.2, 0.25) is 5.95 Å². The van der Waals surface area contributed by atoms with Crippen LogP contribution >= 0.6 is 0 Å². The number of carbonyl (C=O) groups excluding carboxylic acids is 3. The van der Waals surface area contributed by atoms with Crippen LogP contribution in [0.15, 0.2) is 61.2 Å². The van der Waals surface area contributed by atoms with E-state index in [9.17, 15) is 34.8 Å². The molecule has 3 aromatic heterocycles. The van der Waals surface area contributed by atoms with Crippen LogP contribution in [0.25, 0.3) is 11.2 Å². The second kappa shape index (κ2) is 14.4. The molecular weight excluding hydrogens is 662 g/mol. The Labute approximate surface area is 291 Å². The van der Waals surface area contributed by atoms with Crippen molar-refractivity contribution in [3.8, 4) is 0 Å². The van der Waals surface area contributed by atoms with Crippen LogP contribution in [-0.4, -0.2) is 130 Å². The summed E-state index contributed by atoms with van der Waals surface area (Å²) in [5, 5.41) is 53.7. The summed E-state index contributed by atoms with van der Waals surface area (Å²) in [4.78, 5) is 59.3. The first-order valence-corrected chi connectivity index (χ1v) is 16.7. The predicted octanol–water partition coefficient (Wildman–Crippen LogP) is -0.415.